The normalized spacial score (nSPS) is 16.4. The van der Waals surface area contributed by atoms with Crippen LogP contribution in [-0.2, 0) is 12.8 Å². The molecule has 1 heteroatoms. The van der Waals surface area contributed by atoms with Crippen molar-refractivity contribution < 1.29 is 0 Å². The second-order valence-electron chi connectivity index (χ2n) is 5.52. The first kappa shape index (κ1) is 12.2. The topological polar surface area (TPSA) is 12.0 Å². The summed E-state index contributed by atoms with van der Waals surface area (Å²) in [7, 11) is 0. The minimum Gasteiger partial charge on any atom is -0.295 e. The van der Waals surface area contributed by atoms with E-state index in [4.69, 9.17) is 6.42 Å². The molecule has 1 nitrogen and oxygen atoms in total. The zero-order valence-electron chi connectivity index (χ0n) is 11.0. The molecule has 1 aromatic carbocycles. The Kier molecular flexibility index (Phi) is 3.26. The third-order valence-corrected chi connectivity index (χ3v) is 3.56. The van der Waals surface area contributed by atoms with Crippen molar-refractivity contribution >= 4 is 0 Å². The first-order valence-corrected chi connectivity index (χ1v) is 6.39. The number of nitrogens with one attached hydrogen (secondary N) is 1. The van der Waals surface area contributed by atoms with E-state index in [1.165, 1.54) is 36.0 Å². The van der Waals surface area contributed by atoms with Gasteiger partial charge in [-0.05, 0) is 56.7 Å². The van der Waals surface area contributed by atoms with Gasteiger partial charge >= 0.3 is 0 Å². The van der Waals surface area contributed by atoms with Gasteiger partial charge in [-0.1, -0.05) is 24.1 Å². The summed E-state index contributed by atoms with van der Waals surface area (Å²) in [6.45, 7) is 6.25. The van der Waals surface area contributed by atoms with Crippen molar-refractivity contribution in [3.05, 3.63) is 34.9 Å². The maximum Gasteiger partial charge on any atom is 0.0745 e. The molecule has 0 spiro atoms. The fourth-order valence-electron chi connectivity index (χ4n) is 2.53. The van der Waals surface area contributed by atoms with E-state index in [0.717, 1.165) is 0 Å². The van der Waals surface area contributed by atoms with Crippen LogP contribution in [0.25, 0.3) is 0 Å². The van der Waals surface area contributed by atoms with Crippen molar-refractivity contribution in [2.75, 3.05) is 0 Å². The summed E-state index contributed by atoms with van der Waals surface area (Å²) in [5.74, 6) is 2.78. The van der Waals surface area contributed by atoms with Gasteiger partial charge in [0.1, 0.15) is 0 Å². The minimum atomic E-state index is -0.252. The third-order valence-electron chi connectivity index (χ3n) is 3.56. The van der Waals surface area contributed by atoms with E-state index in [0.29, 0.717) is 6.04 Å². The molecule has 1 aliphatic rings. The lowest BCUT2D eigenvalue weighted by Gasteiger charge is -2.25. The second-order valence-corrected chi connectivity index (χ2v) is 5.52. The average Bonchev–Trinajstić information content (AvgIpc) is 2.75. The van der Waals surface area contributed by atoms with Crippen LogP contribution in [-0.4, -0.2) is 5.54 Å². The second kappa shape index (κ2) is 4.55. The predicted molar refractivity (Wildman–Crippen MR) is 72.9 cm³/mol. The fraction of sp³-hybridized carbons (Fsp3) is 0.500. The van der Waals surface area contributed by atoms with Gasteiger partial charge in [-0.15, -0.1) is 6.42 Å². The molecule has 0 aliphatic heterocycles. The highest BCUT2D eigenvalue weighted by molar-refractivity contribution is 5.36. The van der Waals surface area contributed by atoms with Crippen molar-refractivity contribution in [1.82, 2.24) is 5.32 Å². The number of benzene rings is 1. The highest BCUT2D eigenvalue weighted by Crippen LogP contribution is 2.26. The van der Waals surface area contributed by atoms with E-state index in [1.54, 1.807) is 0 Å². The lowest BCUT2D eigenvalue weighted by molar-refractivity contribution is 0.431. The van der Waals surface area contributed by atoms with Crippen LogP contribution in [0, 0.1) is 12.3 Å². The Hall–Kier alpha value is -1.26. The Morgan fingerprint density at radius 1 is 1.29 bits per heavy atom. The van der Waals surface area contributed by atoms with Crippen molar-refractivity contribution in [2.24, 2.45) is 0 Å². The van der Waals surface area contributed by atoms with Gasteiger partial charge in [0.05, 0.1) is 5.54 Å². The Balaban J connectivity index is 2.15. The molecule has 0 saturated heterocycles. The SMILES string of the molecule is C#CC(C)(C)NC(C)c1ccc2c(c1)CCC2. The molecule has 1 N–H and O–H groups in total. The summed E-state index contributed by atoms with van der Waals surface area (Å²) in [6, 6.07) is 7.15. The van der Waals surface area contributed by atoms with Crippen molar-refractivity contribution in [2.45, 2.75) is 51.6 Å². The van der Waals surface area contributed by atoms with E-state index in [2.05, 4.69) is 36.4 Å². The first-order chi connectivity index (χ1) is 8.02. The standard InChI is InChI=1S/C16H21N/c1-5-16(3,4)17-12(2)14-10-9-13-7-6-8-15(13)11-14/h1,9-12,17H,6-8H2,2-4H3. The molecule has 0 heterocycles. The molecule has 0 radical (unpaired) electrons. The van der Waals surface area contributed by atoms with Crippen LogP contribution in [0.2, 0.25) is 0 Å². The predicted octanol–water partition coefficient (Wildman–Crippen LogP) is 3.24. The Morgan fingerprint density at radius 2 is 2.00 bits per heavy atom. The van der Waals surface area contributed by atoms with Gasteiger partial charge in [0.15, 0.2) is 0 Å². The summed E-state index contributed by atoms with van der Waals surface area (Å²) < 4.78 is 0. The molecule has 1 aliphatic carbocycles. The summed E-state index contributed by atoms with van der Waals surface area (Å²) in [5.41, 5.74) is 4.14. The van der Waals surface area contributed by atoms with Crippen LogP contribution in [0.1, 0.15) is 49.9 Å². The third kappa shape index (κ3) is 2.70. The molecular formula is C16H21N. The molecule has 0 aromatic heterocycles. The largest absolute Gasteiger partial charge is 0.295 e. The van der Waals surface area contributed by atoms with Crippen LogP contribution in [0.15, 0.2) is 18.2 Å². The number of aryl methyl sites for hydroxylation is 2. The van der Waals surface area contributed by atoms with Crippen LogP contribution >= 0.6 is 0 Å². The maximum atomic E-state index is 5.51. The Bertz CT molecular complexity index is 451. The molecular weight excluding hydrogens is 206 g/mol. The molecule has 0 fully saturated rings. The minimum absolute atomic E-state index is 0.252. The van der Waals surface area contributed by atoms with Crippen molar-refractivity contribution in [3.63, 3.8) is 0 Å². The lowest BCUT2D eigenvalue weighted by Crippen LogP contribution is -2.39. The molecule has 0 amide bonds. The summed E-state index contributed by atoms with van der Waals surface area (Å²) in [5, 5.41) is 3.48. The van der Waals surface area contributed by atoms with E-state index in [1.807, 2.05) is 13.8 Å². The van der Waals surface area contributed by atoms with Gasteiger partial charge in [0.2, 0.25) is 0 Å². The lowest BCUT2D eigenvalue weighted by atomic mass is 9.99. The average molecular weight is 227 g/mol. The van der Waals surface area contributed by atoms with Gasteiger partial charge in [0, 0.05) is 6.04 Å². The van der Waals surface area contributed by atoms with Gasteiger partial charge in [0.25, 0.3) is 0 Å². The molecule has 1 aromatic rings. The van der Waals surface area contributed by atoms with Crippen molar-refractivity contribution in [3.8, 4) is 12.3 Å². The number of hydrogen-bond donors (Lipinski definition) is 1. The molecule has 17 heavy (non-hydrogen) atoms. The molecule has 2 rings (SSSR count). The van der Waals surface area contributed by atoms with E-state index < -0.39 is 0 Å². The van der Waals surface area contributed by atoms with Crippen LogP contribution in [0.3, 0.4) is 0 Å². The maximum absolute atomic E-state index is 5.51. The molecule has 90 valence electrons. The van der Waals surface area contributed by atoms with Gasteiger partial charge in [-0.25, -0.2) is 0 Å². The Labute approximate surface area is 105 Å². The van der Waals surface area contributed by atoms with Crippen LogP contribution in [0.5, 0.6) is 0 Å². The summed E-state index contributed by atoms with van der Waals surface area (Å²) >= 11 is 0. The summed E-state index contributed by atoms with van der Waals surface area (Å²) in [4.78, 5) is 0. The zero-order valence-corrected chi connectivity index (χ0v) is 11.0. The zero-order chi connectivity index (χ0) is 12.5. The molecule has 0 saturated carbocycles. The Morgan fingerprint density at radius 3 is 2.71 bits per heavy atom. The van der Waals surface area contributed by atoms with Crippen molar-refractivity contribution in [1.29, 1.82) is 0 Å². The van der Waals surface area contributed by atoms with Crippen LogP contribution < -0.4 is 5.32 Å². The first-order valence-electron chi connectivity index (χ1n) is 6.39. The monoisotopic (exact) mass is 227 g/mol. The van der Waals surface area contributed by atoms with Gasteiger partial charge in [-0.3, -0.25) is 5.32 Å². The number of rotatable bonds is 3. The van der Waals surface area contributed by atoms with Gasteiger partial charge in [-0.2, -0.15) is 0 Å². The van der Waals surface area contributed by atoms with E-state index in [9.17, 15) is 0 Å². The van der Waals surface area contributed by atoms with E-state index >= 15 is 0 Å². The smallest absolute Gasteiger partial charge is 0.0745 e. The van der Waals surface area contributed by atoms with Gasteiger partial charge < -0.3 is 0 Å². The molecule has 1 atom stereocenters. The highest BCUT2D eigenvalue weighted by atomic mass is 15.0. The quantitative estimate of drug-likeness (QED) is 0.782. The molecule has 1 unspecified atom stereocenters. The molecule has 0 bridgehead atoms. The number of fused-ring (bicyclic) bond motifs is 1. The number of terminal acetylenes is 1. The van der Waals surface area contributed by atoms with Crippen LogP contribution in [0.4, 0.5) is 0 Å². The summed E-state index contributed by atoms with van der Waals surface area (Å²) in [6.07, 6.45) is 9.29. The van der Waals surface area contributed by atoms with E-state index in [-0.39, 0.29) is 5.54 Å². The number of hydrogen-bond acceptors (Lipinski definition) is 1. The fourth-order valence-corrected chi connectivity index (χ4v) is 2.53. The highest BCUT2D eigenvalue weighted by Gasteiger charge is 2.19.